The number of anilines is 3. The predicted molar refractivity (Wildman–Crippen MR) is 139 cm³/mol. The molecule has 10 nitrogen and oxygen atoms in total. The van der Waals surface area contributed by atoms with Crippen LogP contribution in [0.15, 0.2) is 60.9 Å². The molecule has 0 radical (unpaired) electrons. The fourth-order valence-electron chi connectivity index (χ4n) is 4.28. The van der Waals surface area contributed by atoms with Crippen LogP contribution in [0.1, 0.15) is 12.5 Å². The maximum atomic E-state index is 14.9. The standard InChI is InChI=1S/C27H21F2N7O3/c1-2-38-16-11-19(28)18(20(29)12-16)13-36-21-6-4-3-5-17(21)23(35-36)25-33-26(31-15-7-9-30-10-8-15)24-27(34-25)32-22(37)14-39-24/h3-12H,2,13-14H2,1H3,(H2,30,31,32,33,34,37). The van der Waals surface area contributed by atoms with Crippen molar-refractivity contribution in [3.05, 3.63) is 78.1 Å². The smallest absolute Gasteiger partial charge is 0.263 e. The molecule has 1 aliphatic heterocycles. The highest BCUT2D eigenvalue weighted by atomic mass is 19.1. The molecule has 5 aromatic rings. The summed E-state index contributed by atoms with van der Waals surface area (Å²) in [5.41, 5.74) is 1.50. The molecule has 0 aliphatic carbocycles. The van der Waals surface area contributed by atoms with E-state index in [2.05, 4.69) is 30.7 Å². The maximum absolute atomic E-state index is 14.9. The number of pyridine rings is 1. The van der Waals surface area contributed by atoms with Crippen molar-refractivity contribution in [2.45, 2.75) is 13.5 Å². The van der Waals surface area contributed by atoms with E-state index in [1.807, 2.05) is 12.1 Å². The van der Waals surface area contributed by atoms with Crippen molar-refractivity contribution in [1.29, 1.82) is 0 Å². The van der Waals surface area contributed by atoms with Gasteiger partial charge in [-0.3, -0.25) is 14.5 Å². The number of fused-ring (bicyclic) bond motifs is 2. The fourth-order valence-corrected chi connectivity index (χ4v) is 4.28. The molecular formula is C27H21F2N7O3. The van der Waals surface area contributed by atoms with Crippen LogP contribution in [0.2, 0.25) is 0 Å². The average molecular weight is 530 g/mol. The van der Waals surface area contributed by atoms with Gasteiger partial charge in [0, 0.05) is 41.2 Å². The molecule has 0 spiro atoms. The van der Waals surface area contributed by atoms with Gasteiger partial charge in [0.15, 0.2) is 24.1 Å². The number of hydrogen-bond acceptors (Lipinski definition) is 8. The Morgan fingerprint density at radius 1 is 1.10 bits per heavy atom. The van der Waals surface area contributed by atoms with E-state index < -0.39 is 11.6 Å². The van der Waals surface area contributed by atoms with E-state index in [1.54, 1.807) is 43.6 Å². The quantitative estimate of drug-likeness (QED) is 0.312. The summed E-state index contributed by atoms with van der Waals surface area (Å²) in [6, 6.07) is 13.0. The lowest BCUT2D eigenvalue weighted by Gasteiger charge is -2.20. The van der Waals surface area contributed by atoms with Gasteiger partial charge in [0.25, 0.3) is 5.91 Å². The number of carbonyl (C=O) groups excluding carboxylic acids is 1. The van der Waals surface area contributed by atoms with E-state index in [0.717, 1.165) is 12.1 Å². The van der Waals surface area contributed by atoms with Gasteiger partial charge in [-0.2, -0.15) is 5.10 Å². The molecule has 0 saturated carbocycles. The second-order valence-corrected chi connectivity index (χ2v) is 8.59. The average Bonchev–Trinajstić information content (AvgIpc) is 3.30. The third-order valence-corrected chi connectivity index (χ3v) is 6.02. The van der Waals surface area contributed by atoms with Crippen molar-refractivity contribution in [2.75, 3.05) is 23.8 Å². The molecule has 0 fully saturated rings. The highest BCUT2D eigenvalue weighted by molar-refractivity contribution is 5.97. The number of carbonyl (C=O) groups is 1. The summed E-state index contributed by atoms with van der Waals surface area (Å²) in [5, 5.41) is 11.2. The Morgan fingerprint density at radius 2 is 1.87 bits per heavy atom. The number of aromatic nitrogens is 5. The first-order valence-electron chi connectivity index (χ1n) is 12.1. The zero-order chi connectivity index (χ0) is 26.9. The highest BCUT2D eigenvalue weighted by Gasteiger charge is 2.26. The monoisotopic (exact) mass is 529 g/mol. The molecule has 196 valence electrons. The minimum atomic E-state index is -0.742. The van der Waals surface area contributed by atoms with E-state index in [4.69, 9.17) is 9.47 Å². The molecule has 6 rings (SSSR count). The Balaban J connectivity index is 1.46. The summed E-state index contributed by atoms with van der Waals surface area (Å²) in [6.45, 7) is 1.66. The predicted octanol–water partition coefficient (Wildman–Crippen LogP) is 4.69. The van der Waals surface area contributed by atoms with Gasteiger partial charge >= 0.3 is 0 Å². The van der Waals surface area contributed by atoms with Crippen LogP contribution in [-0.4, -0.2) is 43.9 Å². The Morgan fingerprint density at radius 3 is 2.64 bits per heavy atom. The summed E-state index contributed by atoms with van der Waals surface area (Å²) in [5.74, 6) is -0.793. The lowest BCUT2D eigenvalue weighted by Crippen LogP contribution is -2.27. The van der Waals surface area contributed by atoms with E-state index in [0.29, 0.717) is 28.1 Å². The summed E-state index contributed by atoms with van der Waals surface area (Å²) < 4.78 is 42.1. The third kappa shape index (κ3) is 4.67. The van der Waals surface area contributed by atoms with E-state index in [-0.39, 0.29) is 54.4 Å². The number of amides is 1. The Bertz CT molecular complexity index is 1690. The van der Waals surface area contributed by atoms with Crippen LogP contribution < -0.4 is 20.1 Å². The van der Waals surface area contributed by atoms with Gasteiger partial charge in [0.2, 0.25) is 5.75 Å². The molecule has 1 amide bonds. The van der Waals surface area contributed by atoms with Crippen molar-refractivity contribution in [3.8, 4) is 23.0 Å². The molecule has 0 unspecified atom stereocenters. The van der Waals surface area contributed by atoms with Gasteiger partial charge in [-0.25, -0.2) is 18.7 Å². The van der Waals surface area contributed by atoms with Gasteiger partial charge in [0.05, 0.1) is 18.7 Å². The van der Waals surface area contributed by atoms with Gasteiger partial charge in [-0.05, 0) is 25.1 Å². The molecule has 39 heavy (non-hydrogen) atoms. The first-order valence-corrected chi connectivity index (χ1v) is 12.1. The normalized spacial score (nSPS) is 12.5. The molecule has 2 N–H and O–H groups in total. The zero-order valence-corrected chi connectivity index (χ0v) is 20.6. The fraction of sp³-hybridized carbons (Fsp3) is 0.148. The first kappa shape index (κ1) is 24.2. The number of halogens is 2. The summed E-state index contributed by atoms with van der Waals surface area (Å²) in [6.07, 6.45) is 3.24. The van der Waals surface area contributed by atoms with Crippen LogP contribution in [0.5, 0.6) is 11.5 Å². The molecule has 4 heterocycles. The number of para-hydroxylation sites is 1. The van der Waals surface area contributed by atoms with Crippen molar-refractivity contribution in [1.82, 2.24) is 24.7 Å². The van der Waals surface area contributed by atoms with Crippen LogP contribution in [0.3, 0.4) is 0 Å². The van der Waals surface area contributed by atoms with Gasteiger partial charge in [-0.15, -0.1) is 0 Å². The zero-order valence-electron chi connectivity index (χ0n) is 20.6. The molecule has 12 heteroatoms. The lowest BCUT2D eigenvalue weighted by molar-refractivity contribution is -0.118. The van der Waals surface area contributed by atoms with Crippen LogP contribution in [0, 0.1) is 11.6 Å². The third-order valence-electron chi connectivity index (χ3n) is 6.02. The maximum Gasteiger partial charge on any atom is 0.263 e. The number of rotatable bonds is 7. The molecule has 0 atom stereocenters. The summed E-state index contributed by atoms with van der Waals surface area (Å²) in [7, 11) is 0. The number of nitrogens with zero attached hydrogens (tertiary/aromatic N) is 5. The minimum absolute atomic E-state index is 0.114. The summed E-state index contributed by atoms with van der Waals surface area (Å²) in [4.78, 5) is 25.2. The van der Waals surface area contributed by atoms with Crippen molar-refractivity contribution >= 4 is 34.1 Å². The Kier molecular flexibility index (Phi) is 6.19. The van der Waals surface area contributed by atoms with Crippen molar-refractivity contribution in [3.63, 3.8) is 0 Å². The topological polar surface area (TPSA) is 116 Å². The highest BCUT2D eigenvalue weighted by Crippen LogP contribution is 2.38. The first-order chi connectivity index (χ1) is 19.0. The van der Waals surface area contributed by atoms with Crippen LogP contribution >= 0.6 is 0 Å². The van der Waals surface area contributed by atoms with E-state index >= 15 is 0 Å². The Labute approximate surface area is 220 Å². The lowest BCUT2D eigenvalue weighted by atomic mass is 10.1. The number of hydrogen-bond donors (Lipinski definition) is 2. The van der Waals surface area contributed by atoms with Gasteiger partial charge in [0.1, 0.15) is 23.1 Å². The van der Waals surface area contributed by atoms with E-state index in [1.165, 1.54) is 4.68 Å². The second-order valence-electron chi connectivity index (χ2n) is 8.59. The van der Waals surface area contributed by atoms with Gasteiger partial charge in [-0.1, -0.05) is 18.2 Å². The minimum Gasteiger partial charge on any atom is -0.494 e. The number of ether oxygens (including phenoxy) is 2. The number of benzene rings is 2. The summed E-state index contributed by atoms with van der Waals surface area (Å²) >= 11 is 0. The second kappa shape index (κ2) is 9.97. The SMILES string of the molecule is CCOc1cc(F)c(Cn2nc(-c3nc4c(c(Nc5ccncc5)n3)OCC(=O)N4)c3ccccc32)c(F)c1. The largest absolute Gasteiger partial charge is 0.494 e. The molecule has 2 aromatic carbocycles. The molecular weight excluding hydrogens is 508 g/mol. The molecule has 1 aliphatic rings. The molecule has 0 saturated heterocycles. The molecule has 0 bridgehead atoms. The van der Waals surface area contributed by atoms with Crippen molar-refractivity contribution < 1.29 is 23.0 Å². The molecule has 3 aromatic heterocycles. The van der Waals surface area contributed by atoms with Gasteiger partial charge < -0.3 is 20.1 Å². The van der Waals surface area contributed by atoms with Crippen LogP contribution in [-0.2, 0) is 11.3 Å². The number of nitrogens with one attached hydrogen (secondary N) is 2. The van der Waals surface area contributed by atoms with E-state index in [9.17, 15) is 13.6 Å². The van der Waals surface area contributed by atoms with Crippen molar-refractivity contribution in [2.24, 2.45) is 0 Å². The van der Waals surface area contributed by atoms with Crippen LogP contribution in [0.25, 0.3) is 22.4 Å². The Hall–Kier alpha value is -5.13. The van der Waals surface area contributed by atoms with Crippen LogP contribution in [0.4, 0.5) is 26.1 Å².